The minimum absolute atomic E-state index is 0.0194. The Balaban J connectivity index is 1.83. The summed E-state index contributed by atoms with van der Waals surface area (Å²) < 4.78 is 0. The summed E-state index contributed by atoms with van der Waals surface area (Å²) in [6.07, 6.45) is 5.27. The van der Waals surface area contributed by atoms with E-state index in [2.05, 4.69) is 21.2 Å². The molecule has 0 spiro atoms. The van der Waals surface area contributed by atoms with Gasteiger partial charge in [-0.05, 0) is 56.8 Å². The number of aliphatic hydroxyl groups is 1. The van der Waals surface area contributed by atoms with Crippen LogP contribution in [0.4, 0.5) is 0 Å². The molecule has 4 rings (SSSR count). The van der Waals surface area contributed by atoms with E-state index in [0.717, 1.165) is 24.7 Å². The number of hydrogen-bond donors (Lipinski definition) is 2. The standard InChI is InChI=1S/C13H20BrNO2/c1-7(14)12(17)15-13-5-8-2-9(6-13)4-10(3-8)11(13)16/h7-11,16H,2-6H2,1H3,(H,15,17)/t7?,8-,9+,10?,11-,13?/m1/s1. The molecule has 96 valence electrons. The fourth-order valence-corrected chi connectivity index (χ4v) is 4.65. The molecule has 0 aliphatic heterocycles. The summed E-state index contributed by atoms with van der Waals surface area (Å²) in [5, 5.41) is 13.6. The number of nitrogens with one attached hydrogen (secondary N) is 1. The summed E-state index contributed by atoms with van der Waals surface area (Å²) in [6.45, 7) is 1.84. The van der Waals surface area contributed by atoms with E-state index in [4.69, 9.17) is 0 Å². The second-order valence-corrected chi connectivity index (χ2v) is 7.69. The van der Waals surface area contributed by atoms with Crippen molar-refractivity contribution in [1.82, 2.24) is 5.32 Å². The zero-order valence-electron chi connectivity index (χ0n) is 10.2. The number of carbonyl (C=O) groups excluding carboxylic acids is 1. The maximum Gasteiger partial charge on any atom is 0.234 e. The van der Waals surface area contributed by atoms with Gasteiger partial charge in [-0.1, -0.05) is 15.9 Å². The second-order valence-electron chi connectivity index (χ2n) is 6.31. The average molecular weight is 302 g/mol. The summed E-state index contributed by atoms with van der Waals surface area (Å²) in [5.41, 5.74) is -0.312. The predicted octanol–water partition coefficient (Wildman–Crippen LogP) is 1.83. The van der Waals surface area contributed by atoms with Gasteiger partial charge in [0, 0.05) is 0 Å². The van der Waals surface area contributed by atoms with Gasteiger partial charge in [-0.3, -0.25) is 4.79 Å². The van der Waals surface area contributed by atoms with Crippen LogP contribution in [0.2, 0.25) is 0 Å². The highest BCUT2D eigenvalue weighted by molar-refractivity contribution is 9.10. The summed E-state index contributed by atoms with van der Waals surface area (Å²) in [4.78, 5) is 11.7. The number of rotatable bonds is 2. The van der Waals surface area contributed by atoms with Crippen LogP contribution in [-0.4, -0.2) is 27.5 Å². The number of aliphatic hydroxyl groups excluding tert-OH is 1. The summed E-state index contributed by atoms with van der Waals surface area (Å²) >= 11 is 3.31. The van der Waals surface area contributed by atoms with Gasteiger partial charge in [0.2, 0.25) is 5.91 Å². The van der Waals surface area contributed by atoms with E-state index in [9.17, 15) is 9.90 Å². The van der Waals surface area contributed by atoms with Gasteiger partial charge in [0.05, 0.1) is 16.5 Å². The molecule has 4 aliphatic rings. The molecular formula is C13H20BrNO2. The molecular weight excluding hydrogens is 282 g/mol. The van der Waals surface area contributed by atoms with Crippen LogP contribution in [0.25, 0.3) is 0 Å². The Morgan fingerprint density at radius 2 is 1.94 bits per heavy atom. The predicted molar refractivity (Wildman–Crippen MR) is 68.8 cm³/mol. The number of carbonyl (C=O) groups is 1. The van der Waals surface area contributed by atoms with Crippen molar-refractivity contribution in [2.24, 2.45) is 17.8 Å². The molecule has 0 radical (unpaired) electrons. The highest BCUT2D eigenvalue weighted by atomic mass is 79.9. The van der Waals surface area contributed by atoms with E-state index < -0.39 is 0 Å². The lowest BCUT2D eigenvalue weighted by Crippen LogP contribution is -2.68. The Bertz CT molecular complexity index is 330. The molecule has 4 fully saturated rings. The Labute approximate surface area is 110 Å². The largest absolute Gasteiger partial charge is 0.390 e. The molecule has 6 atom stereocenters. The van der Waals surface area contributed by atoms with Crippen LogP contribution in [-0.2, 0) is 4.79 Å². The van der Waals surface area contributed by atoms with Gasteiger partial charge in [-0.2, -0.15) is 0 Å². The fraction of sp³-hybridized carbons (Fsp3) is 0.923. The van der Waals surface area contributed by atoms with Gasteiger partial charge in [0.25, 0.3) is 0 Å². The number of alkyl halides is 1. The first kappa shape index (κ1) is 12.0. The molecule has 3 unspecified atom stereocenters. The first-order valence-corrected chi connectivity index (χ1v) is 7.56. The van der Waals surface area contributed by atoms with Crippen molar-refractivity contribution < 1.29 is 9.90 Å². The number of halogens is 1. The van der Waals surface area contributed by atoms with Gasteiger partial charge in [-0.25, -0.2) is 0 Å². The lowest BCUT2D eigenvalue weighted by Gasteiger charge is -2.59. The third-order valence-electron chi connectivity index (χ3n) is 4.99. The van der Waals surface area contributed by atoms with Crippen molar-refractivity contribution in [1.29, 1.82) is 0 Å². The van der Waals surface area contributed by atoms with Crippen molar-refractivity contribution in [2.75, 3.05) is 0 Å². The molecule has 0 heterocycles. The maximum atomic E-state index is 11.9. The first-order chi connectivity index (χ1) is 8.00. The van der Waals surface area contributed by atoms with Crippen LogP contribution >= 0.6 is 15.9 Å². The molecule has 4 heteroatoms. The summed E-state index contributed by atoms with van der Waals surface area (Å²) in [7, 11) is 0. The lowest BCUT2D eigenvalue weighted by atomic mass is 9.51. The van der Waals surface area contributed by atoms with Crippen molar-refractivity contribution in [3.8, 4) is 0 Å². The second kappa shape index (κ2) is 3.95. The molecule has 0 aromatic rings. The Morgan fingerprint density at radius 1 is 1.35 bits per heavy atom. The highest BCUT2D eigenvalue weighted by Crippen LogP contribution is 2.55. The van der Waals surface area contributed by atoms with Gasteiger partial charge < -0.3 is 10.4 Å². The number of amides is 1. The molecule has 0 aromatic heterocycles. The van der Waals surface area contributed by atoms with Crippen LogP contribution in [0, 0.1) is 17.8 Å². The van der Waals surface area contributed by atoms with E-state index in [1.54, 1.807) is 0 Å². The smallest absolute Gasteiger partial charge is 0.234 e. The third-order valence-corrected chi connectivity index (χ3v) is 5.41. The molecule has 0 saturated heterocycles. The van der Waals surface area contributed by atoms with Gasteiger partial charge in [0.15, 0.2) is 0 Å². The van der Waals surface area contributed by atoms with E-state index in [1.807, 2.05) is 6.92 Å². The average Bonchev–Trinajstić information content (AvgIpc) is 2.24. The van der Waals surface area contributed by atoms with Crippen LogP contribution in [0.3, 0.4) is 0 Å². The van der Waals surface area contributed by atoms with Gasteiger partial charge in [-0.15, -0.1) is 0 Å². The number of hydrogen-bond acceptors (Lipinski definition) is 2. The molecule has 17 heavy (non-hydrogen) atoms. The highest BCUT2D eigenvalue weighted by Gasteiger charge is 2.57. The Hall–Kier alpha value is -0.0900. The summed E-state index contributed by atoms with van der Waals surface area (Å²) in [5.74, 6) is 1.89. The fourth-order valence-electron chi connectivity index (χ4n) is 4.53. The van der Waals surface area contributed by atoms with Crippen LogP contribution in [0.15, 0.2) is 0 Å². The van der Waals surface area contributed by atoms with E-state index >= 15 is 0 Å². The Kier molecular flexibility index (Phi) is 2.78. The molecule has 1 amide bonds. The van der Waals surface area contributed by atoms with E-state index in [0.29, 0.717) is 5.92 Å². The molecule has 0 aromatic carbocycles. The van der Waals surface area contributed by atoms with Crippen LogP contribution in [0.5, 0.6) is 0 Å². The van der Waals surface area contributed by atoms with Crippen molar-refractivity contribution in [2.45, 2.75) is 55.5 Å². The molecule has 3 nitrogen and oxygen atoms in total. The van der Waals surface area contributed by atoms with Gasteiger partial charge >= 0.3 is 0 Å². The van der Waals surface area contributed by atoms with E-state index in [1.165, 1.54) is 19.3 Å². The monoisotopic (exact) mass is 301 g/mol. The van der Waals surface area contributed by atoms with Crippen molar-refractivity contribution >= 4 is 21.8 Å². The van der Waals surface area contributed by atoms with Gasteiger partial charge in [0.1, 0.15) is 0 Å². The zero-order chi connectivity index (χ0) is 12.2. The van der Waals surface area contributed by atoms with Crippen LogP contribution < -0.4 is 5.32 Å². The van der Waals surface area contributed by atoms with E-state index in [-0.39, 0.29) is 22.4 Å². The first-order valence-electron chi connectivity index (χ1n) is 6.64. The molecule has 4 saturated carbocycles. The third kappa shape index (κ3) is 1.84. The zero-order valence-corrected chi connectivity index (χ0v) is 11.7. The minimum Gasteiger partial charge on any atom is -0.390 e. The SMILES string of the molecule is CC(Br)C(=O)NC12C[C@@H]3CC(C[C@@H](C3)C1)[C@H]2O. The lowest BCUT2D eigenvalue weighted by molar-refractivity contribution is -0.143. The molecule has 4 aliphatic carbocycles. The van der Waals surface area contributed by atoms with Crippen molar-refractivity contribution in [3.05, 3.63) is 0 Å². The topological polar surface area (TPSA) is 49.3 Å². The molecule has 2 N–H and O–H groups in total. The normalized spacial score (nSPS) is 49.1. The Morgan fingerprint density at radius 3 is 2.47 bits per heavy atom. The maximum absolute atomic E-state index is 11.9. The molecule has 4 bridgehead atoms. The minimum atomic E-state index is -0.328. The summed E-state index contributed by atoms with van der Waals surface area (Å²) in [6, 6.07) is 0. The van der Waals surface area contributed by atoms with Crippen molar-refractivity contribution in [3.63, 3.8) is 0 Å². The van der Waals surface area contributed by atoms with Crippen LogP contribution in [0.1, 0.15) is 39.0 Å². The quantitative estimate of drug-likeness (QED) is 0.765.